The van der Waals surface area contributed by atoms with Gasteiger partial charge in [-0.25, -0.2) is 4.98 Å². The summed E-state index contributed by atoms with van der Waals surface area (Å²) in [7, 11) is 0. The number of amides is 2. The first-order valence-electron chi connectivity index (χ1n) is 6.18. The van der Waals surface area contributed by atoms with Crippen molar-refractivity contribution in [3.05, 3.63) is 16.6 Å². The normalized spacial score (nSPS) is 27.8. The van der Waals surface area contributed by atoms with Gasteiger partial charge in [-0.1, -0.05) is 0 Å². The monoisotopic (exact) mass is 265 g/mol. The van der Waals surface area contributed by atoms with E-state index in [1.807, 2.05) is 12.3 Å². The summed E-state index contributed by atoms with van der Waals surface area (Å²) in [6.07, 6.45) is 3.45. The minimum atomic E-state index is -0.365. The first-order chi connectivity index (χ1) is 8.68. The molecule has 3 rings (SSSR count). The van der Waals surface area contributed by atoms with Crippen LogP contribution in [0.5, 0.6) is 0 Å². The van der Waals surface area contributed by atoms with Crippen LogP contribution in [0.25, 0.3) is 0 Å². The molecule has 0 spiro atoms. The van der Waals surface area contributed by atoms with Gasteiger partial charge in [-0.15, -0.1) is 11.3 Å². The van der Waals surface area contributed by atoms with Crippen molar-refractivity contribution >= 4 is 23.2 Å². The van der Waals surface area contributed by atoms with E-state index in [1.165, 1.54) is 11.3 Å². The van der Waals surface area contributed by atoms with Crippen molar-refractivity contribution in [1.82, 2.24) is 14.8 Å². The molecule has 2 aliphatic rings. The lowest BCUT2D eigenvalue weighted by molar-refractivity contribution is -0.159. The molecule has 2 saturated heterocycles. The van der Waals surface area contributed by atoms with Crippen molar-refractivity contribution in [2.75, 3.05) is 6.54 Å². The van der Waals surface area contributed by atoms with Gasteiger partial charge in [0.2, 0.25) is 11.8 Å². The highest BCUT2D eigenvalue weighted by Crippen LogP contribution is 2.28. The molecule has 2 amide bonds. The first-order valence-corrected chi connectivity index (χ1v) is 7.06. The van der Waals surface area contributed by atoms with Crippen LogP contribution in [-0.4, -0.2) is 45.2 Å². The van der Waals surface area contributed by atoms with E-state index in [1.54, 1.807) is 16.0 Å². The van der Waals surface area contributed by atoms with Crippen molar-refractivity contribution in [3.63, 3.8) is 0 Å². The van der Waals surface area contributed by atoms with Gasteiger partial charge in [0.25, 0.3) is 0 Å². The summed E-state index contributed by atoms with van der Waals surface area (Å²) in [4.78, 5) is 32.2. The molecule has 0 aromatic carbocycles. The Hall–Kier alpha value is -1.43. The molecule has 2 atom stereocenters. The summed E-state index contributed by atoms with van der Waals surface area (Å²) in [6, 6.07) is -0.593. The molecule has 0 saturated carbocycles. The van der Waals surface area contributed by atoms with Gasteiger partial charge in [0.15, 0.2) is 0 Å². The predicted molar refractivity (Wildman–Crippen MR) is 66.9 cm³/mol. The summed E-state index contributed by atoms with van der Waals surface area (Å²) in [5.41, 5.74) is 0. The maximum absolute atomic E-state index is 12.4. The molecule has 0 radical (unpaired) electrons. The van der Waals surface area contributed by atoms with E-state index in [2.05, 4.69) is 4.98 Å². The molecule has 96 valence electrons. The maximum atomic E-state index is 12.4. The van der Waals surface area contributed by atoms with Crippen molar-refractivity contribution < 1.29 is 9.59 Å². The molecule has 5 nitrogen and oxygen atoms in total. The Morgan fingerprint density at radius 2 is 2.28 bits per heavy atom. The average Bonchev–Trinajstić information content (AvgIpc) is 3.02. The Balaban J connectivity index is 1.84. The van der Waals surface area contributed by atoms with Gasteiger partial charge in [-0.3, -0.25) is 9.59 Å². The Morgan fingerprint density at radius 3 is 3.00 bits per heavy atom. The Kier molecular flexibility index (Phi) is 2.81. The summed E-state index contributed by atoms with van der Waals surface area (Å²) >= 11 is 1.52. The van der Waals surface area contributed by atoms with Gasteiger partial charge < -0.3 is 9.80 Å². The molecule has 6 heteroatoms. The van der Waals surface area contributed by atoms with Gasteiger partial charge in [-0.05, 0) is 19.8 Å². The van der Waals surface area contributed by atoms with E-state index in [9.17, 15) is 9.59 Å². The van der Waals surface area contributed by atoms with E-state index in [0.29, 0.717) is 6.54 Å². The highest BCUT2D eigenvalue weighted by Gasteiger charge is 2.45. The topological polar surface area (TPSA) is 53.5 Å². The van der Waals surface area contributed by atoms with Crippen LogP contribution in [0.3, 0.4) is 0 Å². The Morgan fingerprint density at radius 1 is 1.44 bits per heavy atom. The highest BCUT2D eigenvalue weighted by atomic mass is 32.1. The molecule has 1 aromatic heterocycles. The highest BCUT2D eigenvalue weighted by molar-refractivity contribution is 7.09. The largest absolute Gasteiger partial charge is 0.329 e. The number of carbonyl (C=O) groups is 2. The number of aromatic nitrogens is 1. The van der Waals surface area contributed by atoms with Crippen LogP contribution in [0, 0.1) is 0 Å². The number of piperazine rings is 1. The van der Waals surface area contributed by atoms with Crippen LogP contribution in [0.15, 0.2) is 11.6 Å². The van der Waals surface area contributed by atoms with E-state index < -0.39 is 0 Å². The fraction of sp³-hybridized carbons (Fsp3) is 0.583. The number of hydrogen-bond donors (Lipinski definition) is 0. The van der Waals surface area contributed by atoms with E-state index >= 15 is 0 Å². The second-order valence-electron chi connectivity index (χ2n) is 4.76. The zero-order chi connectivity index (χ0) is 12.7. The summed E-state index contributed by atoms with van der Waals surface area (Å²) in [5, 5.41) is 2.77. The number of carbonyl (C=O) groups excluding carboxylic acids is 2. The molecular weight excluding hydrogens is 250 g/mol. The van der Waals surface area contributed by atoms with Crippen molar-refractivity contribution in [2.45, 2.75) is 38.4 Å². The summed E-state index contributed by atoms with van der Waals surface area (Å²) in [6.45, 7) is 2.99. The van der Waals surface area contributed by atoms with E-state index in [-0.39, 0.29) is 23.9 Å². The molecular formula is C12H15N3O2S. The van der Waals surface area contributed by atoms with Gasteiger partial charge in [-0.2, -0.15) is 0 Å². The van der Waals surface area contributed by atoms with Crippen molar-refractivity contribution in [1.29, 1.82) is 0 Å². The van der Waals surface area contributed by atoms with Crippen LogP contribution in [0.4, 0.5) is 0 Å². The second-order valence-corrected chi connectivity index (χ2v) is 5.74. The van der Waals surface area contributed by atoms with Crippen LogP contribution in [0.1, 0.15) is 24.8 Å². The molecule has 3 heterocycles. The molecule has 18 heavy (non-hydrogen) atoms. The lowest BCUT2D eigenvalue weighted by Gasteiger charge is -2.40. The number of rotatable bonds is 2. The van der Waals surface area contributed by atoms with Crippen molar-refractivity contribution in [2.24, 2.45) is 0 Å². The Labute approximate surface area is 109 Å². The van der Waals surface area contributed by atoms with E-state index in [4.69, 9.17) is 0 Å². The molecule has 2 aliphatic heterocycles. The minimum Gasteiger partial charge on any atom is -0.329 e. The van der Waals surface area contributed by atoms with Gasteiger partial charge in [0, 0.05) is 18.1 Å². The van der Waals surface area contributed by atoms with Crippen LogP contribution >= 0.6 is 11.3 Å². The Bertz CT molecular complexity index is 474. The lowest BCUT2D eigenvalue weighted by atomic mass is 10.1. The third-order valence-corrected chi connectivity index (χ3v) is 4.48. The second kappa shape index (κ2) is 4.35. The molecule has 1 aromatic rings. The van der Waals surface area contributed by atoms with Gasteiger partial charge in [0.1, 0.15) is 17.1 Å². The summed E-state index contributed by atoms with van der Waals surface area (Å²) in [5.74, 6) is 0.156. The van der Waals surface area contributed by atoms with Gasteiger partial charge >= 0.3 is 0 Å². The SMILES string of the molecule is CC1C(=O)N2CCCC2C(=O)N1Cc1nccs1. The lowest BCUT2D eigenvalue weighted by Crippen LogP contribution is -2.61. The smallest absolute Gasteiger partial charge is 0.246 e. The molecule has 2 fully saturated rings. The quantitative estimate of drug-likeness (QED) is 0.797. The fourth-order valence-electron chi connectivity index (χ4n) is 2.73. The summed E-state index contributed by atoms with van der Waals surface area (Å²) < 4.78 is 0. The third-order valence-electron chi connectivity index (χ3n) is 3.72. The molecule has 0 aliphatic carbocycles. The van der Waals surface area contributed by atoms with Gasteiger partial charge in [0.05, 0.1) is 6.54 Å². The van der Waals surface area contributed by atoms with Crippen molar-refractivity contribution in [3.8, 4) is 0 Å². The first kappa shape index (κ1) is 11.6. The minimum absolute atomic E-state index is 0.0775. The molecule has 0 N–H and O–H groups in total. The number of hydrogen-bond acceptors (Lipinski definition) is 4. The molecule has 2 unspecified atom stereocenters. The van der Waals surface area contributed by atoms with Crippen LogP contribution in [-0.2, 0) is 16.1 Å². The standard InChI is InChI=1S/C12H15N3O2S/c1-8-11(16)14-5-2-3-9(14)12(17)15(8)7-10-13-4-6-18-10/h4,6,8-9H,2-3,5,7H2,1H3. The number of nitrogens with zero attached hydrogens (tertiary/aromatic N) is 3. The molecule has 0 bridgehead atoms. The zero-order valence-electron chi connectivity index (χ0n) is 10.2. The van der Waals surface area contributed by atoms with E-state index in [0.717, 1.165) is 24.4 Å². The number of thiazole rings is 1. The average molecular weight is 265 g/mol. The number of fused-ring (bicyclic) bond motifs is 1. The zero-order valence-corrected chi connectivity index (χ0v) is 11.0. The maximum Gasteiger partial charge on any atom is 0.246 e. The van der Waals surface area contributed by atoms with Crippen LogP contribution in [0.2, 0.25) is 0 Å². The van der Waals surface area contributed by atoms with Crippen LogP contribution < -0.4 is 0 Å². The third kappa shape index (κ3) is 1.71. The predicted octanol–water partition coefficient (Wildman–Crippen LogP) is 0.865. The fourth-order valence-corrected chi connectivity index (χ4v) is 3.35.